The minimum Gasteiger partial charge on any atom is -0.379 e. The van der Waals surface area contributed by atoms with Crippen LogP contribution in [0, 0.1) is 0 Å². The lowest BCUT2D eigenvalue weighted by Gasteiger charge is -2.26. The number of nitrogens with one attached hydrogen (secondary N) is 2. The summed E-state index contributed by atoms with van der Waals surface area (Å²) in [5.74, 6) is -0.0672. The lowest BCUT2D eigenvalue weighted by Crippen LogP contribution is -2.35. The van der Waals surface area contributed by atoms with E-state index in [-0.39, 0.29) is 18.2 Å². The highest BCUT2D eigenvalue weighted by atomic mass is 16.5. The molecule has 0 atom stereocenters. The molecule has 2 aromatic rings. The molecule has 1 fully saturated rings. The minimum absolute atomic E-state index is 0.141. The summed E-state index contributed by atoms with van der Waals surface area (Å²) < 4.78 is 5.38. The molecule has 0 spiro atoms. The van der Waals surface area contributed by atoms with E-state index in [2.05, 4.69) is 22.3 Å². The molecule has 1 aliphatic heterocycles. The average Bonchev–Trinajstić information content (AvgIpc) is 2.76. The van der Waals surface area contributed by atoms with Gasteiger partial charge in [-0.15, -0.1) is 0 Å². The van der Waals surface area contributed by atoms with Crippen LogP contribution in [0.3, 0.4) is 0 Å². The summed E-state index contributed by atoms with van der Waals surface area (Å²) >= 11 is 0. The van der Waals surface area contributed by atoms with Gasteiger partial charge in [-0.2, -0.15) is 0 Å². The van der Waals surface area contributed by atoms with E-state index in [9.17, 15) is 9.59 Å². The van der Waals surface area contributed by atoms with E-state index >= 15 is 0 Å². The standard InChI is InChI=1S/C23H29N3O4/c27-22(16-19-5-7-21(8-6-19)23(28)24-9-10-25-29)15-18-1-3-20(4-2-18)17-26-11-13-30-14-12-26/h1-8,25,29H,9-17H2,(H,24,28). The molecule has 0 aromatic heterocycles. The Kier molecular flexibility index (Phi) is 8.53. The van der Waals surface area contributed by atoms with Gasteiger partial charge in [0.25, 0.3) is 5.91 Å². The molecule has 7 heteroatoms. The Bertz CT molecular complexity index is 815. The summed E-state index contributed by atoms with van der Waals surface area (Å²) in [6.07, 6.45) is 0.736. The quantitative estimate of drug-likeness (QED) is 0.406. The lowest BCUT2D eigenvalue weighted by atomic mass is 10.0. The van der Waals surface area contributed by atoms with Gasteiger partial charge >= 0.3 is 0 Å². The summed E-state index contributed by atoms with van der Waals surface area (Å²) in [5.41, 5.74) is 5.66. The van der Waals surface area contributed by atoms with E-state index in [1.807, 2.05) is 29.7 Å². The van der Waals surface area contributed by atoms with Crippen molar-refractivity contribution in [2.75, 3.05) is 39.4 Å². The van der Waals surface area contributed by atoms with E-state index < -0.39 is 0 Å². The van der Waals surface area contributed by atoms with Crippen molar-refractivity contribution in [3.05, 3.63) is 70.8 Å². The summed E-state index contributed by atoms with van der Waals surface area (Å²) in [4.78, 5) is 26.8. The average molecular weight is 412 g/mol. The van der Waals surface area contributed by atoms with Crippen LogP contribution in [0.1, 0.15) is 27.0 Å². The molecule has 7 nitrogen and oxygen atoms in total. The number of morpholine rings is 1. The predicted molar refractivity (Wildman–Crippen MR) is 114 cm³/mol. The number of Topliss-reactive ketones (excluding diaryl/α,β-unsaturated/α-hetero) is 1. The van der Waals surface area contributed by atoms with Gasteiger partial charge in [-0.25, -0.2) is 5.48 Å². The Balaban J connectivity index is 1.46. The molecule has 0 aliphatic carbocycles. The molecule has 2 aromatic carbocycles. The summed E-state index contributed by atoms with van der Waals surface area (Å²) in [6, 6.07) is 15.3. The topological polar surface area (TPSA) is 90.9 Å². The zero-order valence-electron chi connectivity index (χ0n) is 17.1. The molecule has 30 heavy (non-hydrogen) atoms. The van der Waals surface area contributed by atoms with E-state index in [0.717, 1.165) is 44.0 Å². The number of hydroxylamine groups is 1. The molecule has 0 saturated carbocycles. The monoisotopic (exact) mass is 411 g/mol. The van der Waals surface area contributed by atoms with E-state index in [1.54, 1.807) is 12.1 Å². The van der Waals surface area contributed by atoms with Crippen molar-refractivity contribution in [1.29, 1.82) is 0 Å². The third kappa shape index (κ3) is 7.03. The minimum atomic E-state index is -0.208. The van der Waals surface area contributed by atoms with Gasteiger partial charge in [-0.3, -0.25) is 14.5 Å². The first-order valence-electron chi connectivity index (χ1n) is 10.3. The predicted octanol–water partition coefficient (Wildman–Crippen LogP) is 1.58. The first-order chi connectivity index (χ1) is 14.6. The van der Waals surface area contributed by atoms with Crippen LogP contribution >= 0.6 is 0 Å². The molecule has 0 unspecified atom stereocenters. The first kappa shape index (κ1) is 22.1. The molecule has 1 amide bonds. The Morgan fingerprint density at radius 1 is 0.867 bits per heavy atom. The van der Waals surface area contributed by atoms with Crippen molar-refractivity contribution in [3.8, 4) is 0 Å². The number of hydrogen-bond donors (Lipinski definition) is 3. The summed E-state index contributed by atoms with van der Waals surface area (Å²) in [7, 11) is 0. The van der Waals surface area contributed by atoms with Gasteiger partial charge in [-0.05, 0) is 28.8 Å². The second-order valence-electron chi connectivity index (χ2n) is 7.46. The van der Waals surface area contributed by atoms with Gasteiger partial charge in [0.15, 0.2) is 0 Å². The highest BCUT2D eigenvalue weighted by Crippen LogP contribution is 2.12. The van der Waals surface area contributed by atoms with Crippen LogP contribution in [0.5, 0.6) is 0 Å². The smallest absolute Gasteiger partial charge is 0.251 e. The number of hydrogen-bond acceptors (Lipinski definition) is 6. The van der Waals surface area contributed by atoms with Gasteiger partial charge in [0.1, 0.15) is 5.78 Å². The molecular formula is C23H29N3O4. The van der Waals surface area contributed by atoms with Crippen LogP contribution in [-0.4, -0.2) is 61.2 Å². The molecule has 0 bridgehead atoms. The fraction of sp³-hybridized carbons (Fsp3) is 0.391. The van der Waals surface area contributed by atoms with Gasteiger partial charge in [0.05, 0.1) is 13.2 Å². The molecule has 1 heterocycles. The fourth-order valence-corrected chi connectivity index (χ4v) is 3.41. The van der Waals surface area contributed by atoms with E-state index in [0.29, 0.717) is 24.9 Å². The second-order valence-corrected chi connectivity index (χ2v) is 7.46. The van der Waals surface area contributed by atoms with Crippen LogP contribution in [0.15, 0.2) is 48.5 Å². The molecular weight excluding hydrogens is 382 g/mol. The van der Waals surface area contributed by atoms with Crippen molar-refractivity contribution >= 4 is 11.7 Å². The number of carbonyl (C=O) groups is 2. The molecule has 3 N–H and O–H groups in total. The van der Waals surface area contributed by atoms with Crippen molar-refractivity contribution < 1.29 is 19.5 Å². The number of rotatable bonds is 10. The van der Waals surface area contributed by atoms with E-state index in [1.165, 1.54) is 5.56 Å². The Morgan fingerprint density at radius 2 is 1.43 bits per heavy atom. The maximum absolute atomic E-state index is 12.4. The van der Waals surface area contributed by atoms with Crippen LogP contribution < -0.4 is 10.8 Å². The number of amides is 1. The molecule has 1 aliphatic rings. The van der Waals surface area contributed by atoms with Crippen LogP contribution in [0.4, 0.5) is 0 Å². The molecule has 0 radical (unpaired) electrons. The van der Waals surface area contributed by atoms with Gasteiger partial charge < -0.3 is 15.3 Å². The number of benzene rings is 2. The van der Waals surface area contributed by atoms with Crippen LogP contribution in [0.25, 0.3) is 0 Å². The Labute approximate surface area is 177 Å². The largest absolute Gasteiger partial charge is 0.379 e. The number of carbonyl (C=O) groups excluding carboxylic acids is 2. The molecule has 3 rings (SSSR count). The number of ketones is 1. The SMILES string of the molecule is O=C(Cc1ccc(CN2CCOCC2)cc1)Cc1ccc(C(=O)NCCNO)cc1. The summed E-state index contributed by atoms with van der Waals surface area (Å²) in [5, 5.41) is 11.2. The van der Waals surface area contributed by atoms with Crippen molar-refractivity contribution in [2.45, 2.75) is 19.4 Å². The normalized spacial score (nSPS) is 14.4. The number of ether oxygens (including phenoxy) is 1. The molecule has 160 valence electrons. The third-order valence-corrected chi connectivity index (χ3v) is 5.07. The summed E-state index contributed by atoms with van der Waals surface area (Å²) in [6.45, 7) is 5.03. The Hall–Kier alpha value is -2.58. The third-order valence-electron chi connectivity index (χ3n) is 5.07. The van der Waals surface area contributed by atoms with Gasteiger partial charge in [-0.1, -0.05) is 36.4 Å². The van der Waals surface area contributed by atoms with Crippen molar-refractivity contribution in [3.63, 3.8) is 0 Å². The van der Waals surface area contributed by atoms with Crippen molar-refractivity contribution in [1.82, 2.24) is 15.7 Å². The molecule has 1 saturated heterocycles. The maximum atomic E-state index is 12.4. The zero-order chi connectivity index (χ0) is 21.2. The maximum Gasteiger partial charge on any atom is 0.251 e. The van der Waals surface area contributed by atoms with Crippen LogP contribution in [-0.2, 0) is 28.9 Å². The van der Waals surface area contributed by atoms with Crippen molar-refractivity contribution in [2.24, 2.45) is 0 Å². The highest BCUT2D eigenvalue weighted by Gasteiger charge is 2.11. The second kappa shape index (κ2) is 11.6. The Morgan fingerprint density at radius 3 is 2.03 bits per heavy atom. The highest BCUT2D eigenvalue weighted by molar-refractivity contribution is 5.94. The zero-order valence-corrected chi connectivity index (χ0v) is 17.1. The fourth-order valence-electron chi connectivity index (χ4n) is 3.41. The van der Waals surface area contributed by atoms with Gasteiger partial charge in [0, 0.05) is 51.1 Å². The number of nitrogens with zero attached hydrogens (tertiary/aromatic N) is 1. The lowest BCUT2D eigenvalue weighted by molar-refractivity contribution is -0.117. The van der Waals surface area contributed by atoms with Crippen LogP contribution in [0.2, 0.25) is 0 Å². The first-order valence-corrected chi connectivity index (χ1v) is 10.3. The van der Waals surface area contributed by atoms with E-state index in [4.69, 9.17) is 9.94 Å². The van der Waals surface area contributed by atoms with Gasteiger partial charge in [0.2, 0.25) is 0 Å².